The van der Waals surface area contributed by atoms with Crippen LogP contribution in [0.1, 0.15) is 37.3 Å². The molecule has 3 N–H and O–H groups in total. The molecule has 0 aliphatic carbocycles. The number of amides is 1. The maximum absolute atomic E-state index is 11.4. The van der Waals surface area contributed by atoms with E-state index in [1.54, 1.807) is 0 Å². The summed E-state index contributed by atoms with van der Waals surface area (Å²) in [5.74, 6) is 0.740. The molecule has 21 heavy (non-hydrogen) atoms. The molecule has 1 aliphatic rings. The lowest BCUT2D eigenvalue weighted by Crippen LogP contribution is -2.41. The number of pyridine rings is 1. The zero-order valence-electron chi connectivity index (χ0n) is 13.1. The van der Waals surface area contributed by atoms with Gasteiger partial charge in [0, 0.05) is 25.8 Å². The fraction of sp³-hybridized carbons (Fsp3) is 0.625. The smallest absolute Gasteiger partial charge is 0.222 e. The molecule has 1 aliphatic heterocycles. The highest BCUT2D eigenvalue weighted by molar-refractivity contribution is 5.77. The number of nitrogens with one attached hydrogen (secondary N) is 1. The predicted octanol–water partition coefficient (Wildman–Crippen LogP) is 1.59. The van der Waals surface area contributed by atoms with E-state index in [2.05, 4.69) is 35.1 Å². The lowest BCUT2D eigenvalue weighted by atomic mass is 9.97. The largest absolute Gasteiger partial charge is 0.369 e. The van der Waals surface area contributed by atoms with Crippen LogP contribution in [0.2, 0.25) is 0 Å². The molecule has 2 rings (SSSR count). The topological polar surface area (TPSA) is 71.2 Å². The summed E-state index contributed by atoms with van der Waals surface area (Å²) in [5, 5.41) is 3.38. The van der Waals surface area contributed by atoms with Crippen molar-refractivity contribution in [3.05, 3.63) is 23.4 Å². The number of hydrogen-bond acceptors (Lipinski definition) is 4. The molecule has 0 bridgehead atoms. The van der Waals surface area contributed by atoms with Gasteiger partial charge in [-0.2, -0.15) is 0 Å². The molecule has 1 amide bonds. The number of nitrogens with zero attached hydrogens (tertiary/aromatic N) is 2. The maximum atomic E-state index is 11.4. The van der Waals surface area contributed by atoms with E-state index in [-0.39, 0.29) is 11.8 Å². The van der Waals surface area contributed by atoms with Crippen LogP contribution < -0.4 is 16.0 Å². The third-order valence-corrected chi connectivity index (χ3v) is 3.99. The number of aryl methyl sites for hydroxylation is 1. The van der Waals surface area contributed by atoms with Crippen molar-refractivity contribution in [3.8, 4) is 0 Å². The zero-order valence-corrected chi connectivity index (χ0v) is 13.1. The first-order chi connectivity index (χ1) is 10.1. The van der Waals surface area contributed by atoms with Gasteiger partial charge in [-0.3, -0.25) is 4.79 Å². The average Bonchev–Trinajstić information content (AvgIpc) is 2.48. The molecule has 1 unspecified atom stereocenters. The van der Waals surface area contributed by atoms with Gasteiger partial charge in [0.1, 0.15) is 5.82 Å². The van der Waals surface area contributed by atoms with Gasteiger partial charge in [-0.25, -0.2) is 4.98 Å². The van der Waals surface area contributed by atoms with Gasteiger partial charge < -0.3 is 16.0 Å². The maximum Gasteiger partial charge on any atom is 0.222 e. The lowest BCUT2D eigenvalue weighted by molar-refractivity contribution is -0.122. The zero-order chi connectivity index (χ0) is 15.2. The molecule has 1 atom stereocenters. The van der Waals surface area contributed by atoms with E-state index in [0.29, 0.717) is 6.54 Å². The van der Waals surface area contributed by atoms with E-state index in [0.717, 1.165) is 50.3 Å². The van der Waals surface area contributed by atoms with E-state index >= 15 is 0 Å². The summed E-state index contributed by atoms with van der Waals surface area (Å²) in [6, 6.07) is 2.18. The predicted molar refractivity (Wildman–Crippen MR) is 85.1 cm³/mol. The number of piperidine rings is 1. The standard InChI is InChI=1S/C16H26N4O/c1-3-6-18-9-13-8-12(2)16(19-10-13)20-7-4-5-14(11-20)15(17)21/h8,10,14,18H,3-7,9,11H2,1-2H3,(H2,17,21). The summed E-state index contributed by atoms with van der Waals surface area (Å²) in [4.78, 5) is 18.2. The van der Waals surface area contributed by atoms with E-state index in [9.17, 15) is 4.79 Å². The van der Waals surface area contributed by atoms with Crippen LogP contribution in [-0.4, -0.2) is 30.5 Å². The van der Waals surface area contributed by atoms with Crippen molar-refractivity contribution >= 4 is 11.7 Å². The monoisotopic (exact) mass is 290 g/mol. The van der Waals surface area contributed by atoms with Crippen molar-refractivity contribution < 1.29 is 4.79 Å². The molecule has 0 spiro atoms. The van der Waals surface area contributed by atoms with Crippen molar-refractivity contribution in [1.82, 2.24) is 10.3 Å². The average molecular weight is 290 g/mol. The first-order valence-electron chi connectivity index (χ1n) is 7.82. The summed E-state index contributed by atoms with van der Waals surface area (Å²) >= 11 is 0. The third kappa shape index (κ3) is 4.17. The number of primary amides is 1. The molecular weight excluding hydrogens is 264 g/mol. The molecule has 5 nitrogen and oxygen atoms in total. The Morgan fingerprint density at radius 2 is 2.38 bits per heavy atom. The lowest BCUT2D eigenvalue weighted by Gasteiger charge is -2.33. The van der Waals surface area contributed by atoms with Crippen LogP contribution >= 0.6 is 0 Å². The fourth-order valence-electron chi connectivity index (χ4n) is 2.86. The van der Waals surface area contributed by atoms with Crippen LogP contribution in [0.25, 0.3) is 0 Å². The van der Waals surface area contributed by atoms with E-state index in [4.69, 9.17) is 5.73 Å². The summed E-state index contributed by atoms with van der Waals surface area (Å²) < 4.78 is 0. The third-order valence-electron chi connectivity index (χ3n) is 3.99. The highest BCUT2D eigenvalue weighted by atomic mass is 16.1. The van der Waals surface area contributed by atoms with E-state index in [1.807, 2.05) is 6.20 Å². The summed E-state index contributed by atoms with van der Waals surface area (Å²) in [6.45, 7) is 7.76. The summed E-state index contributed by atoms with van der Waals surface area (Å²) in [7, 11) is 0. The van der Waals surface area contributed by atoms with Crippen LogP contribution in [0.5, 0.6) is 0 Å². The Kier molecular flexibility index (Phi) is 5.56. The minimum Gasteiger partial charge on any atom is -0.369 e. The van der Waals surface area contributed by atoms with Gasteiger partial charge in [0.25, 0.3) is 0 Å². The number of rotatable bonds is 6. The second-order valence-corrected chi connectivity index (χ2v) is 5.85. The van der Waals surface area contributed by atoms with Gasteiger partial charge in [-0.1, -0.05) is 6.92 Å². The Bertz CT molecular complexity index is 489. The molecule has 1 aromatic rings. The van der Waals surface area contributed by atoms with E-state index in [1.165, 1.54) is 5.56 Å². The molecule has 5 heteroatoms. The number of anilines is 1. The van der Waals surface area contributed by atoms with Crippen LogP contribution in [0, 0.1) is 12.8 Å². The Labute approximate surface area is 126 Å². The molecule has 0 saturated carbocycles. The fourth-order valence-corrected chi connectivity index (χ4v) is 2.86. The van der Waals surface area contributed by atoms with Gasteiger partial charge in [0.15, 0.2) is 0 Å². The van der Waals surface area contributed by atoms with Crippen LogP contribution in [0.3, 0.4) is 0 Å². The molecule has 1 fully saturated rings. The number of hydrogen-bond donors (Lipinski definition) is 2. The first kappa shape index (κ1) is 15.8. The molecule has 2 heterocycles. The Morgan fingerprint density at radius 1 is 1.57 bits per heavy atom. The van der Waals surface area contributed by atoms with Crippen LogP contribution in [0.15, 0.2) is 12.3 Å². The Hall–Kier alpha value is -1.62. The Morgan fingerprint density at radius 3 is 3.05 bits per heavy atom. The van der Waals surface area contributed by atoms with Gasteiger partial charge in [-0.05, 0) is 49.9 Å². The summed E-state index contributed by atoms with van der Waals surface area (Å²) in [6.07, 6.45) is 4.95. The Balaban J connectivity index is 2.04. The number of carbonyl (C=O) groups is 1. The SMILES string of the molecule is CCCNCc1cnc(N2CCCC(C(N)=O)C2)c(C)c1. The van der Waals surface area contributed by atoms with E-state index < -0.39 is 0 Å². The van der Waals surface area contributed by atoms with Crippen molar-refractivity contribution in [2.45, 2.75) is 39.7 Å². The summed E-state index contributed by atoms with van der Waals surface area (Å²) in [5.41, 5.74) is 7.81. The van der Waals surface area contributed by atoms with Crippen molar-refractivity contribution in [2.24, 2.45) is 11.7 Å². The minimum atomic E-state index is -0.197. The quantitative estimate of drug-likeness (QED) is 0.781. The second-order valence-electron chi connectivity index (χ2n) is 5.85. The van der Waals surface area contributed by atoms with Gasteiger partial charge in [-0.15, -0.1) is 0 Å². The number of nitrogens with two attached hydrogens (primary N) is 1. The highest BCUT2D eigenvalue weighted by Gasteiger charge is 2.25. The van der Waals surface area contributed by atoms with Gasteiger partial charge >= 0.3 is 0 Å². The highest BCUT2D eigenvalue weighted by Crippen LogP contribution is 2.24. The van der Waals surface area contributed by atoms with Gasteiger partial charge in [0.05, 0.1) is 5.92 Å². The molecule has 0 radical (unpaired) electrons. The minimum absolute atomic E-state index is 0.0501. The van der Waals surface area contributed by atoms with Crippen LogP contribution in [-0.2, 0) is 11.3 Å². The second kappa shape index (κ2) is 7.41. The van der Waals surface area contributed by atoms with Crippen LogP contribution in [0.4, 0.5) is 5.82 Å². The van der Waals surface area contributed by atoms with Crippen molar-refractivity contribution in [3.63, 3.8) is 0 Å². The number of aromatic nitrogens is 1. The van der Waals surface area contributed by atoms with Crippen molar-refractivity contribution in [2.75, 3.05) is 24.5 Å². The van der Waals surface area contributed by atoms with Gasteiger partial charge in [0.2, 0.25) is 5.91 Å². The molecule has 0 aromatic carbocycles. The normalized spacial score (nSPS) is 18.8. The molecular formula is C16H26N4O. The number of carbonyl (C=O) groups excluding carboxylic acids is 1. The molecule has 1 aromatic heterocycles. The van der Waals surface area contributed by atoms with Crippen molar-refractivity contribution in [1.29, 1.82) is 0 Å². The molecule has 116 valence electrons. The first-order valence-corrected chi connectivity index (χ1v) is 7.82. The molecule has 1 saturated heterocycles.